The maximum atomic E-state index is 11.8. The fraction of sp³-hybridized carbons (Fsp3) is 0.0833. The van der Waals surface area contributed by atoms with Gasteiger partial charge in [-0.15, -0.1) is 0 Å². The monoisotopic (exact) mass is 276 g/mol. The average molecular weight is 276 g/mol. The van der Waals surface area contributed by atoms with Gasteiger partial charge in [0.1, 0.15) is 12.0 Å². The number of aromatic nitrogens is 1. The molecule has 1 amide bonds. The molecule has 1 heterocycles. The lowest BCUT2D eigenvalue weighted by Gasteiger charge is -2.10. The van der Waals surface area contributed by atoms with E-state index in [1.807, 2.05) is 0 Å². The number of benzene rings is 1. The molecular formula is C12H12N4O4. The number of carbonyl (C=O) groups is 1. The number of carbonyl (C=O) groups excluding carboxylic acids is 1. The van der Waals surface area contributed by atoms with E-state index in [0.29, 0.717) is 17.0 Å². The van der Waals surface area contributed by atoms with Gasteiger partial charge in [0, 0.05) is 11.6 Å². The van der Waals surface area contributed by atoms with Crippen LogP contribution in [0.25, 0.3) is 0 Å². The number of oxime groups is 1. The number of nitrogens with two attached hydrogens (primary N) is 1. The highest BCUT2D eigenvalue weighted by Crippen LogP contribution is 2.26. The van der Waals surface area contributed by atoms with Gasteiger partial charge in [0.05, 0.1) is 12.8 Å². The lowest BCUT2D eigenvalue weighted by atomic mass is 10.1. The fourth-order valence-electron chi connectivity index (χ4n) is 1.53. The maximum Gasteiger partial charge on any atom is 0.277 e. The molecule has 1 aromatic heterocycles. The summed E-state index contributed by atoms with van der Waals surface area (Å²) in [5, 5.41) is 17.7. The van der Waals surface area contributed by atoms with E-state index in [4.69, 9.17) is 15.7 Å². The van der Waals surface area contributed by atoms with Crippen molar-refractivity contribution < 1.29 is 19.3 Å². The molecule has 8 heteroatoms. The molecule has 0 aliphatic rings. The smallest absolute Gasteiger partial charge is 0.277 e. The molecule has 0 unspecified atom stereocenters. The normalized spacial score (nSPS) is 11.2. The molecule has 2 rings (SSSR count). The van der Waals surface area contributed by atoms with Crippen LogP contribution in [0.5, 0.6) is 5.75 Å². The third-order valence-corrected chi connectivity index (χ3v) is 2.52. The average Bonchev–Trinajstić information content (AvgIpc) is 3.01. The van der Waals surface area contributed by atoms with Gasteiger partial charge in [0.2, 0.25) is 0 Å². The van der Waals surface area contributed by atoms with Crippen LogP contribution in [-0.4, -0.2) is 29.2 Å². The standard InChI is InChI=1S/C12H12N4O4/c1-19-10-6-7(11(13)15-18)2-3-8(10)14-12(17)9-4-5-20-16-9/h2-6,18H,1H3,(H2,13,15)(H,14,17). The molecule has 0 saturated carbocycles. The summed E-state index contributed by atoms with van der Waals surface area (Å²) >= 11 is 0. The lowest BCUT2D eigenvalue weighted by molar-refractivity contribution is 0.101. The van der Waals surface area contributed by atoms with Gasteiger partial charge in [-0.05, 0) is 18.2 Å². The second-order valence-corrected chi connectivity index (χ2v) is 3.74. The van der Waals surface area contributed by atoms with Gasteiger partial charge < -0.3 is 25.5 Å². The number of nitrogens with zero attached hydrogens (tertiary/aromatic N) is 2. The summed E-state index contributed by atoms with van der Waals surface area (Å²) in [5.74, 6) is -0.128. The number of ether oxygens (including phenoxy) is 1. The Hall–Kier alpha value is -3.03. The summed E-state index contributed by atoms with van der Waals surface area (Å²) in [6.07, 6.45) is 1.30. The summed E-state index contributed by atoms with van der Waals surface area (Å²) in [7, 11) is 1.44. The predicted molar refractivity (Wildman–Crippen MR) is 70.0 cm³/mol. The lowest BCUT2D eigenvalue weighted by Crippen LogP contribution is -2.15. The van der Waals surface area contributed by atoms with Crippen molar-refractivity contribution in [1.29, 1.82) is 0 Å². The van der Waals surface area contributed by atoms with Gasteiger partial charge in [0.25, 0.3) is 5.91 Å². The molecule has 8 nitrogen and oxygen atoms in total. The summed E-state index contributed by atoms with van der Waals surface area (Å²) in [6, 6.07) is 6.13. The topological polar surface area (TPSA) is 123 Å². The van der Waals surface area contributed by atoms with E-state index in [1.165, 1.54) is 25.5 Å². The van der Waals surface area contributed by atoms with Crippen molar-refractivity contribution in [3.8, 4) is 5.75 Å². The first-order valence-corrected chi connectivity index (χ1v) is 5.53. The Morgan fingerprint density at radius 3 is 2.90 bits per heavy atom. The minimum absolute atomic E-state index is 0.0577. The summed E-state index contributed by atoms with van der Waals surface area (Å²) < 4.78 is 9.74. The van der Waals surface area contributed by atoms with E-state index in [-0.39, 0.29) is 11.5 Å². The van der Waals surface area contributed by atoms with E-state index < -0.39 is 5.91 Å². The predicted octanol–water partition coefficient (Wildman–Crippen LogP) is 1.03. The number of amidine groups is 1. The highest BCUT2D eigenvalue weighted by molar-refractivity contribution is 6.04. The van der Waals surface area contributed by atoms with Crippen molar-refractivity contribution in [2.75, 3.05) is 12.4 Å². The molecule has 4 N–H and O–H groups in total. The van der Waals surface area contributed by atoms with Gasteiger partial charge in [0.15, 0.2) is 11.5 Å². The van der Waals surface area contributed by atoms with Crippen molar-refractivity contribution in [3.05, 3.63) is 41.8 Å². The Kier molecular flexibility index (Phi) is 3.85. The summed E-state index contributed by atoms with van der Waals surface area (Å²) in [6.45, 7) is 0. The van der Waals surface area contributed by atoms with E-state index in [2.05, 4.69) is 20.2 Å². The zero-order chi connectivity index (χ0) is 14.5. The van der Waals surface area contributed by atoms with Crippen LogP contribution < -0.4 is 15.8 Å². The Labute approximate surface area is 113 Å². The molecule has 20 heavy (non-hydrogen) atoms. The molecule has 104 valence electrons. The number of rotatable bonds is 4. The quantitative estimate of drug-likeness (QED) is 0.331. The third-order valence-electron chi connectivity index (χ3n) is 2.52. The zero-order valence-corrected chi connectivity index (χ0v) is 10.5. The molecule has 0 fully saturated rings. The Morgan fingerprint density at radius 1 is 1.50 bits per heavy atom. The van der Waals surface area contributed by atoms with E-state index in [9.17, 15) is 4.79 Å². The zero-order valence-electron chi connectivity index (χ0n) is 10.5. The molecule has 0 saturated heterocycles. The van der Waals surface area contributed by atoms with Crippen LogP contribution in [0.2, 0.25) is 0 Å². The molecule has 0 spiro atoms. The van der Waals surface area contributed by atoms with Crippen molar-refractivity contribution in [2.45, 2.75) is 0 Å². The highest BCUT2D eigenvalue weighted by atomic mass is 16.5. The number of amides is 1. The van der Waals surface area contributed by atoms with Crippen molar-refractivity contribution in [3.63, 3.8) is 0 Å². The van der Waals surface area contributed by atoms with Crippen molar-refractivity contribution in [1.82, 2.24) is 5.16 Å². The maximum absolute atomic E-state index is 11.8. The molecular weight excluding hydrogens is 264 g/mol. The fourth-order valence-corrected chi connectivity index (χ4v) is 1.53. The number of nitrogens with one attached hydrogen (secondary N) is 1. The summed E-state index contributed by atoms with van der Waals surface area (Å²) in [4.78, 5) is 11.8. The van der Waals surface area contributed by atoms with Crippen LogP contribution in [0.4, 0.5) is 5.69 Å². The van der Waals surface area contributed by atoms with Crippen molar-refractivity contribution in [2.24, 2.45) is 10.9 Å². The second-order valence-electron chi connectivity index (χ2n) is 3.74. The van der Waals surface area contributed by atoms with E-state index in [1.54, 1.807) is 12.1 Å². The van der Waals surface area contributed by atoms with Gasteiger partial charge in [-0.2, -0.15) is 0 Å². The first-order chi connectivity index (χ1) is 9.65. The number of methoxy groups -OCH3 is 1. The molecule has 1 aromatic carbocycles. The SMILES string of the molecule is COc1cc(/C(N)=N/O)ccc1NC(=O)c1ccon1. The van der Waals surface area contributed by atoms with Crippen LogP contribution >= 0.6 is 0 Å². The third kappa shape index (κ3) is 2.69. The van der Waals surface area contributed by atoms with Crippen molar-refractivity contribution >= 4 is 17.4 Å². The summed E-state index contributed by atoms with van der Waals surface area (Å²) in [5.41, 5.74) is 6.51. The first kappa shape index (κ1) is 13.4. The van der Waals surface area contributed by atoms with Crippen LogP contribution in [0, 0.1) is 0 Å². The Balaban J connectivity index is 2.26. The largest absolute Gasteiger partial charge is 0.495 e. The molecule has 2 aromatic rings. The molecule has 0 radical (unpaired) electrons. The minimum atomic E-state index is -0.436. The van der Waals surface area contributed by atoms with Crippen LogP contribution in [0.15, 0.2) is 40.2 Å². The van der Waals surface area contributed by atoms with Gasteiger partial charge in [-0.25, -0.2) is 0 Å². The number of hydrogen-bond donors (Lipinski definition) is 3. The van der Waals surface area contributed by atoms with E-state index in [0.717, 1.165) is 0 Å². The van der Waals surface area contributed by atoms with Crippen LogP contribution in [-0.2, 0) is 0 Å². The van der Waals surface area contributed by atoms with Gasteiger partial charge in [-0.1, -0.05) is 10.3 Å². The molecule has 0 atom stereocenters. The van der Waals surface area contributed by atoms with Crippen LogP contribution in [0.3, 0.4) is 0 Å². The van der Waals surface area contributed by atoms with E-state index >= 15 is 0 Å². The van der Waals surface area contributed by atoms with Crippen LogP contribution in [0.1, 0.15) is 16.1 Å². The number of anilines is 1. The molecule has 0 aliphatic carbocycles. The Morgan fingerprint density at radius 2 is 2.30 bits per heavy atom. The molecule has 0 aliphatic heterocycles. The second kappa shape index (κ2) is 5.74. The highest BCUT2D eigenvalue weighted by Gasteiger charge is 2.13. The Bertz CT molecular complexity index is 637. The first-order valence-electron chi connectivity index (χ1n) is 5.53. The van der Waals surface area contributed by atoms with Gasteiger partial charge >= 0.3 is 0 Å². The minimum Gasteiger partial charge on any atom is -0.495 e. The molecule has 0 bridgehead atoms. The number of hydrogen-bond acceptors (Lipinski definition) is 6. The van der Waals surface area contributed by atoms with Gasteiger partial charge in [-0.3, -0.25) is 4.79 Å².